The quantitative estimate of drug-likeness (QED) is 0.541. The zero-order valence-corrected chi connectivity index (χ0v) is 16.9. The fourth-order valence-corrected chi connectivity index (χ4v) is 3.48. The van der Waals surface area contributed by atoms with E-state index in [0.717, 1.165) is 34.7 Å². The molecule has 0 saturated carbocycles. The molecule has 1 heterocycles. The van der Waals surface area contributed by atoms with Gasteiger partial charge in [0.1, 0.15) is 11.5 Å². The van der Waals surface area contributed by atoms with E-state index >= 15 is 0 Å². The summed E-state index contributed by atoms with van der Waals surface area (Å²) in [7, 11) is 1.64. The van der Waals surface area contributed by atoms with Crippen molar-refractivity contribution in [2.75, 3.05) is 19.0 Å². The summed E-state index contributed by atoms with van der Waals surface area (Å²) in [6.45, 7) is 2.79. The van der Waals surface area contributed by atoms with Crippen LogP contribution >= 0.6 is 11.3 Å². The van der Waals surface area contributed by atoms with Gasteiger partial charge in [-0.05, 0) is 48.7 Å². The van der Waals surface area contributed by atoms with Gasteiger partial charge < -0.3 is 14.8 Å². The van der Waals surface area contributed by atoms with Gasteiger partial charge in [0.05, 0.1) is 19.4 Å². The number of carbonyl (C=O) groups is 1. The number of nitrogens with one attached hydrogen (secondary N) is 1. The predicted octanol–water partition coefficient (Wildman–Crippen LogP) is 5.18. The summed E-state index contributed by atoms with van der Waals surface area (Å²) < 4.78 is 10.9. The van der Waals surface area contributed by atoms with Crippen LogP contribution in [0.2, 0.25) is 0 Å². The first-order valence-corrected chi connectivity index (χ1v) is 10.2. The van der Waals surface area contributed by atoms with E-state index in [4.69, 9.17) is 9.47 Å². The molecule has 0 atom stereocenters. The fraction of sp³-hybridized carbons (Fsp3) is 0.273. The minimum absolute atomic E-state index is 0.0601. The molecule has 0 aliphatic heterocycles. The van der Waals surface area contributed by atoms with Gasteiger partial charge >= 0.3 is 0 Å². The first kappa shape index (κ1) is 19.9. The van der Waals surface area contributed by atoms with E-state index in [9.17, 15) is 4.79 Å². The Labute approximate surface area is 169 Å². The number of benzene rings is 2. The summed E-state index contributed by atoms with van der Waals surface area (Å²) >= 11 is 1.42. The number of thiazole rings is 1. The standard InChI is InChI=1S/C22H24N2O3S/c1-3-14-27-18-11-8-16(9-12-18)19-15-28-22(23-19)24-21(25)13-10-17-6-4-5-7-20(17)26-2/h4-9,11-12,15H,3,10,13-14H2,1-2H3,(H,23,24,25). The summed E-state index contributed by atoms with van der Waals surface area (Å²) in [6, 6.07) is 15.6. The second kappa shape index (κ2) is 9.90. The van der Waals surface area contributed by atoms with Crippen molar-refractivity contribution in [2.45, 2.75) is 26.2 Å². The normalized spacial score (nSPS) is 10.5. The Morgan fingerprint density at radius 2 is 1.93 bits per heavy atom. The van der Waals surface area contributed by atoms with Crippen molar-refractivity contribution in [3.05, 3.63) is 59.5 Å². The van der Waals surface area contributed by atoms with Crippen LogP contribution in [0, 0.1) is 0 Å². The second-order valence-electron chi connectivity index (χ2n) is 6.27. The van der Waals surface area contributed by atoms with Crippen molar-refractivity contribution in [1.29, 1.82) is 0 Å². The number of para-hydroxylation sites is 1. The molecule has 3 rings (SSSR count). The molecule has 146 valence electrons. The fourth-order valence-electron chi connectivity index (χ4n) is 2.75. The van der Waals surface area contributed by atoms with E-state index < -0.39 is 0 Å². The lowest BCUT2D eigenvalue weighted by Gasteiger charge is -2.07. The van der Waals surface area contributed by atoms with Crippen LogP contribution in [0.25, 0.3) is 11.3 Å². The smallest absolute Gasteiger partial charge is 0.226 e. The van der Waals surface area contributed by atoms with E-state index in [1.54, 1.807) is 7.11 Å². The van der Waals surface area contributed by atoms with Crippen LogP contribution in [0.5, 0.6) is 11.5 Å². The Bertz CT molecular complexity index is 906. The lowest BCUT2D eigenvalue weighted by atomic mass is 10.1. The van der Waals surface area contributed by atoms with Crippen LogP contribution in [-0.4, -0.2) is 24.6 Å². The van der Waals surface area contributed by atoms with Crippen molar-refractivity contribution >= 4 is 22.4 Å². The number of ether oxygens (including phenoxy) is 2. The molecule has 0 aliphatic carbocycles. The molecule has 2 aromatic carbocycles. The Morgan fingerprint density at radius 3 is 2.68 bits per heavy atom. The number of rotatable bonds is 9. The highest BCUT2D eigenvalue weighted by molar-refractivity contribution is 7.14. The number of amides is 1. The highest BCUT2D eigenvalue weighted by Crippen LogP contribution is 2.27. The molecule has 0 bridgehead atoms. The van der Waals surface area contributed by atoms with Crippen molar-refractivity contribution in [3.8, 4) is 22.8 Å². The maximum Gasteiger partial charge on any atom is 0.226 e. The van der Waals surface area contributed by atoms with E-state index in [2.05, 4.69) is 17.2 Å². The number of aryl methyl sites for hydroxylation is 1. The van der Waals surface area contributed by atoms with Crippen LogP contribution in [0.3, 0.4) is 0 Å². The maximum atomic E-state index is 12.3. The zero-order valence-electron chi connectivity index (χ0n) is 16.1. The van der Waals surface area contributed by atoms with Gasteiger partial charge in [-0.3, -0.25) is 4.79 Å². The molecule has 0 fully saturated rings. The number of nitrogens with zero attached hydrogens (tertiary/aromatic N) is 1. The van der Waals surface area contributed by atoms with E-state index in [1.807, 2.05) is 53.9 Å². The molecule has 0 radical (unpaired) electrons. The summed E-state index contributed by atoms with van der Waals surface area (Å²) in [6.07, 6.45) is 1.97. The Hall–Kier alpha value is -2.86. The minimum atomic E-state index is -0.0601. The summed E-state index contributed by atoms with van der Waals surface area (Å²) in [5, 5.41) is 5.43. The Morgan fingerprint density at radius 1 is 1.14 bits per heavy atom. The number of methoxy groups -OCH3 is 1. The van der Waals surface area contributed by atoms with Crippen LogP contribution in [0.4, 0.5) is 5.13 Å². The number of hydrogen-bond donors (Lipinski definition) is 1. The van der Waals surface area contributed by atoms with Gasteiger partial charge in [-0.15, -0.1) is 11.3 Å². The second-order valence-corrected chi connectivity index (χ2v) is 7.13. The molecule has 0 unspecified atom stereocenters. The molecule has 5 nitrogen and oxygen atoms in total. The number of hydrogen-bond acceptors (Lipinski definition) is 5. The number of anilines is 1. The third kappa shape index (κ3) is 5.33. The molecular formula is C22H24N2O3S. The van der Waals surface area contributed by atoms with Gasteiger partial charge in [0.25, 0.3) is 0 Å². The molecule has 28 heavy (non-hydrogen) atoms. The Balaban J connectivity index is 1.56. The first-order valence-electron chi connectivity index (χ1n) is 9.30. The van der Waals surface area contributed by atoms with Crippen molar-refractivity contribution in [2.24, 2.45) is 0 Å². The minimum Gasteiger partial charge on any atom is -0.496 e. The molecule has 1 aromatic heterocycles. The van der Waals surface area contributed by atoms with Gasteiger partial charge in [0.2, 0.25) is 5.91 Å². The average molecular weight is 397 g/mol. The van der Waals surface area contributed by atoms with Crippen LogP contribution in [0.1, 0.15) is 25.3 Å². The van der Waals surface area contributed by atoms with Gasteiger partial charge in [0.15, 0.2) is 5.13 Å². The molecule has 1 amide bonds. The maximum absolute atomic E-state index is 12.3. The van der Waals surface area contributed by atoms with Gasteiger partial charge in [-0.25, -0.2) is 4.98 Å². The molecule has 0 spiro atoms. The third-order valence-electron chi connectivity index (χ3n) is 4.19. The monoisotopic (exact) mass is 396 g/mol. The van der Waals surface area contributed by atoms with Crippen molar-refractivity contribution in [1.82, 2.24) is 4.98 Å². The predicted molar refractivity (Wildman–Crippen MR) is 113 cm³/mol. The van der Waals surface area contributed by atoms with E-state index in [1.165, 1.54) is 11.3 Å². The highest BCUT2D eigenvalue weighted by atomic mass is 32.1. The van der Waals surface area contributed by atoms with Crippen molar-refractivity contribution < 1.29 is 14.3 Å². The summed E-state index contributed by atoms with van der Waals surface area (Å²) in [5.74, 6) is 1.60. The average Bonchev–Trinajstić information content (AvgIpc) is 3.19. The first-order chi connectivity index (χ1) is 13.7. The van der Waals surface area contributed by atoms with E-state index in [0.29, 0.717) is 24.6 Å². The summed E-state index contributed by atoms with van der Waals surface area (Å²) in [5.41, 5.74) is 2.85. The topological polar surface area (TPSA) is 60.5 Å². The molecule has 6 heteroatoms. The van der Waals surface area contributed by atoms with Crippen molar-refractivity contribution in [3.63, 3.8) is 0 Å². The lowest BCUT2D eigenvalue weighted by molar-refractivity contribution is -0.116. The highest BCUT2D eigenvalue weighted by Gasteiger charge is 2.10. The number of carbonyl (C=O) groups excluding carboxylic acids is 1. The number of aromatic nitrogens is 1. The van der Waals surface area contributed by atoms with Gasteiger partial charge in [-0.2, -0.15) is 0 Å². The molecular weight excluding hydrogens is 372 g/mol. The zero-order chi connectivity index (χ0) is 19.8. The Kier molecular flexibility index (Phi) is 7.03. The molecule has 1 N–H and O–H groups in total. The largest absolute Gasteiger partial charge is 0.496 e. The summed E-state index contributed by atoms with van der Waals surface area (Å²) in [4.78, 5) is 16.8. The molecule has 0 aliphatic rings. The lowest BCUT2D eigenvalue weighted by Crippen LogP contribution is -2.12. The van der Waals surface area contributed by atoms with Crippen LogP contribution in [0.15, 0.2) is 53.9 Å². The van der Waals surface area contributed by atoms with Crippen LogP contribution in [-0.2, 0) is 11.2 Å². The van der Waals surface area contributed by atoms with E-state index in [-0.39, 0.29) is 5.91 Å². The van der Waals surface area contributed by atoms with Gasteiger partial charge in [0, 0.05) is 17.4 Å². The molecule has 3 aromatic rings. The SMILES string of the molecule is CCCOc1ccc(-c2csc(NC(=O)CCc3ccccc3OC)n2)cc1. The third-order valence-corrected chi connectivity index (χ3v) is 4.95. The molecule has 0 saturated heterocycles. The van der Waals surface area contributed by atoms with Crippen LogP contribution < -0.4 is 14.8 Å². The van der Waals surface area contributed by atoms with Gasteiger partial charge in [-0.1, -0.05) is 25.1 Å².